The molecule has 5 unspecified atom stereocenters. The molecule has 134 valence electrons. The molecule has 1 saturated heterocycles. The van der Waals surface area contributed by atoms with Crippen molar-refractivity contribution in [1.29, 1.82) is 0 Å². The Kier molecular flexibility index (Phi) is 6.74. The van der Waals surface area contributed by atoms with Crippen LogP contribution in [-0.2, 0) is 16.0 Å². The van der Waals surface area contributed by atoms with Crippen LogP contribution in [0.25, 0.3) is 0 Å². The van der Waals surface area contributed by atoms with E-state index in [9.17, 15) is 20.1 Å². The maximum atomic E-state index is 12.2. The Morgan fingerprint density at radius 2 is 1.88 bits per heavy atom. The standard InChI is InChI=1S/C18H27NO5/c1-11(2)18-15(17(23)16(22)13(10-20)24-18)19-14(21)9-8-12-6-4-3-5-7-12/h3-7,11,13,15-18,20,22-23H,8-10H2,1-2H3,(H,19,21). The van der Waals surface area contributed by atoms with Crippen LogP contribution in [0.1, 0.15) is 25.8 Å². The van der Waals surface area contributed by atoms with Crippen LogP contribution in [0.4, 0.5) is 0 Å². The van der Waals surface area contributed by atoms with Crippen LogP contribution in [0.3, 0.4) is 0 Å². The quantitative estimate of drug-likeness (QED) is 0.596. The summed E-state index contributed by atoms with van der Waals surface area (Å²) >= 11 is 0. The largest absolute Gasteiger partial charge is 0.394 e. The molecule has 4 N–H and O–H groups in total. The number of nitrogens with one attached hydrogen (secondary N) is 1. The average Bonchev–Trinajstić information content (AvgIpc) is 2.58. The minimum atomic E-state index is -1.23. The van der Waals surface area contributed by atoms with Gasteiger partial charge in [-0.2, -0.15) is 0 Å². The number of carbonyl (C=O) groups excluding carboxylic acids is 1. The van der Waals surface area contributed by atoms with Gasteiger partial charge >= 0.3 is 0 Å². The first-order chi connectivity index (χ1) is 11.4. The van der Waals surface area contributed by atoms with E-state index in [0.29, 0.717) is 6.42 Å². The molecule has 5 atom stereocenters. The Morgan fingerprint density at radius 3 is 2.46 bits per heavy atom. The van der Waals surface area contributed by atoms with Gasteiger partial charge in [-0.15, -0.1) is 0 Å². The van der Waals surface area contributed by atoms with Crippen LogP contribution in [0.5, 0.6) is 0 Å². The summed E-state index contributed by atoms with van der Waals surface area (Å²) in [5.74, 6) is -0.188. The van der Waals surface area contributed by atoms with Crippen molar-refractivity contribution in [3.63, 3.8) is 0 Å². The highest BCUT2D eigenvalue weighted by molar-refractivity contribution is 5.76. The summed E-state index contributed by atoms with van der Waals surface area (Å²) in [7, 11) is 0. The van der Waals surface area contributed by atoms with Crippen molar-refractivity contribution in [3.05, 3.63) is 35.9 Å². The minimum absolute atomic E-state index is 0.0145. The fourth-order valence-corrected chi connectivity index (χ4v) is 3.04. The number of aliphatic hydroxyl groups is 3. The normalized spacial score (nSPS) is 30.3. The zero-order chi connectivity index (χ0) is 17.7. The molecule has 1 amide bonds. The van der Waals surface area contributed by atoms with Crippen molar-refractivity contribution in [3.8, 4) is 0 Å². The summed E-state index contributed by atoms with van der Waals surface area (Å²) in [6.45, 7) is 3.44. The number of ether oxygens (including phenoxy) is 1. The lowest BCUT2D eigenvalue weighted by molar-refractivity contribution is -0.204. The van der Waals surface area contributed by atoms with Crippen molar-refractivity contribution in [2.24, 2.45) is 5.92 Å². The Labute approximate surface area is 142 Å². The van der Waals surface area contributed by atoms with E-state index in [4.69, 9.17) is 4.74 Å². The van der Waals surface area contributed by atoms with Gasteiger partial charge < -0.3 is 25.4 Å². The molecule has 0 radical (unpaired) electrons. The number of aliphatic hydroxyl groups excluding tert-OH is 3. The molecule has 1 aliphatic rings. The molecular weight excluding hydrogens is 310 g/mol. The topological polar surface area (TPSA) is 99.0 Å². The molecule has 2 rings (SSSR count). The molecule has 1 fully saturated rings. The van der Waals surface area contributed by atoms with Crippen molar-refractivity contribution in [2.75, 3.05) is 6.61 Å². The third-order valence-electron chi connectivity index (χ3n) is 4.43. The van der Waals surface area contributed by atoms with Gasteiger partial charge in [0.1, 0.15) is 18.3 Å². The molecule has 1 aromatic carbocycles. The van der Waals surface area contributed by atoms with Gasteiger partial charge in [0.05, 0.1) is 18.8 Å². The summed E-state index contributed by atoms with van der Waals surface area (Å²) in [5, 5.41) is 32.4. The maximum absolute atomic E-state index is 12.2. The van der Waals surface area contributed by atoms with Crippen LogP contribution in [-0.4, -0.2) is 58.3 Å². The molecule has 0 saturated carbocycles. The zero-order valence-corrected chi connectivity index (χ0v) is 14.1. The third kappa shape index (κ3) is 4.54. The van der Waals surface area contributed by atoms with E-state index in [1.54, 1.807) is 0 Å². The molecule has 6 nitrogen and oxygen atoms in total. The second-order valence-electron chi connectivity index (χ2n) is 6.63. The summed E-state index contributed by atoms with van der Waals surface area (Å²) in [6.07, 6.45) is -2.83. The highest BCUT2D eigenvalue weighted by atomic mass is 16.5. The lowest BCUT2D eigenvalue weighted by Crippen LogP contribution is -2.65. The van der Waals surface area contributed by atoms with E-state index < -0.39 is 30.5 Å². The monoisotopic (exact) mass is 337 g/mol. The molecule has 24 heavy (non-hydrogen) atoms. The van der Waals surface area contributed by atoms with Gasteiger partial charge in [0.25, 0.3) is 0 Å². The lowest BCUT2D eigenvalue weighted by Gasteiger charge is -2.44. The van der Waals surface area contributed by atoms with Crippen LogP contribution >= 0.6 is 0 Å². The highest BCUT2D eigenvalue weighted by Crippen LogP contribution is 2.26. The van der Waals surface area contributed by atoms with E-state index in [-0.39, 0.29) is 24.9 Å². The van der Waals surface area contributed by atoms with Gasteiger partial charge in [-0.3, -0.25) is 4.79 Å². The molecule has 1 aromatic rings. The van der Waals surface area contributed by atoms with Crippen molar-refractivity contribution in [1.82, 2.24) is 5.32 Å². The molecule has 1 aliphatic heterocycles. The Morgan fingerprint density at radius 1 is 1.21 bits per heavy atom. The van der Waals surface area contributed by atoms with E-state index in [2.05, 4.69) is 5.32 Å². The third-order valence-corrected chi connectivity index (χ3v) is 4.43. The maximum Gasteiger partial charge on any atom is 0.220 e. The molecule has 0 spiro atoms. The second-order valence-corrected chi connectivity index (χ2v) is 6.63. The van der Waals surface area contributed by atoms with Crippen LogP contribution in [0.2, 0.25) is 0 Å². The summed E-state index contributed by atoms with van der Waals surface area (Å²) < 4.78 is 5.68. The number of amides is 1. The van der Waals surface area contributed by atoms with Crippen molar-refractivity contribution < 1.29 is 24.9 Å². The number of aryl methyl sites for hydroxylation is 1. The summed E-state index contributed by atoms with van der Waals surface area (Å²) in [5.41, 5.74) is 1.06. The summed E-state index contributed by atoms with van der Waals surface area (Å²) in [6, 6.07) is 8.98. The zero-order valence-electron chi connectivity index (χ0n) is 14.1. The Bertz CT molecular complexity index is 521. The SMILES string of the molecule is CC(C)C1OC(CO)C(O)C(O)C1NC(=O)CCc1ccccc1. The molecule has 0 aromatic heterocycles. The number of rotatable bonds is 6. The smallest absolute Gasteiger partial charge is 0.220 e. The van der Waals surface area contributed by atoms with Gasteiger partial charge in [0.2, 0.25) is 5.91 Å². The fourth-order valence-electron chi connectivity index (χ4n) is 3.04. The molecule has 0 aliphatic carbocycles. The van der Waals surface area contributed by atoms with Crippen LogP contribution in [0.15, 0.2) is 30.3 Å². The van der Waals surface area contributed by atoms with Crippen molar-refractivity contribution >= 4 is 5.91 Å². The molecule has 6 heteroatoms. The number of benzene rings is 1. The van der Waals surface area contributed by atoms with Gasteiger partial charge in [-0.25, -0.2) is 0 Å². The predicted molar refractivity (Wildman–Crippen MR) is 89.3 cm³/mol. The van der Waals surface area contributed by atoms with Gasteiger partial charge in [-0.1, -0.05) is 44.2 Å². The second kappa shape index (κ2) is 8.58. The lowest BCUT2D eigenvalue weighted by atomic mass is 9.87. The number of carbonyl (C=O) groups is 1. The summed E-state index contributed by atoms with van der Waals surface area (Å²) in [4.78, 5) is 12.2. The Hall–Kier alpha value is -1.47. The first-order valence-electron chi connectivity index (χ1n) is 8.39. The fraction of sp³-hybridized carbons (Fsp3) is 0.611. The predicted octanol–water partition coefficient (Wildman–Crippen LogP) is 0.241. The first kappa shape index (κ1) is 18.9. The highest BCUT2D eigenvalue weighted by Gasteiger charge is 2.45. The molecule has 1 heterocycles. The van der Waals surface area contributed by atoms with E-state index in [1.807, 2.05) is 44.2 Å². The first-order valence-corrected chi connectivity index (χ1v) is 8.39. The molecule has 0 bridgehead atoms. The van der Waals surface area contributed by atoms with E-state index >= 15 is 0 Å². The van der Waals surface area contributed by atoms with Crippen LogP contribution in [0, 0.1) is 5.92 Å². The van der Waals surface area contributed by atoms with Gasteiger partial charge in [0.15, 0.2) is 0 Å². The van der Waals surface area contributed by atoms with Gasteiger partial charge in [-0.05, 0) is 17.9 Å². The minimum Gasteiger partial charge on any atom is -0.394 e. The average molecular weight is 337 g/mol. The Balaban J connectivity index is 1.98. The van der Waals surface area contributed by atoms with E-state index in [0.717, 1.165) is 5.56 Å². The number of hydrogen-bond acceptors (Lipinski definition) is 5. The number of hydrogen-bond donors (Lipinski definition) is 4. The van der Waals surface area contributed by atoms with Gasteiger partial charge in [0, 0.05) is 6.42 Å². The van der Waals surface area contributed by atoms with E-state index in [1.165, 1.54) is 0 Å². The molecular formula is C18H27NO5. The van der Waals surface area contributed by atoms with Crippen molar-refractivity contribution in [2.45, 2.75) is 57.1 Å². The van der Waals surface area contributed by atoms with Crippen LogP contribution < -0.4 is 5.32 Å².